The maximum atomic E-state index is 10.4. The number of nitrogens with two attached hydrogens (primary N) is 2. The predicted octanol–water partition coefficient (Wildman–Crippen LogP) is 8.05. The van der Waals surface area contributed by atoms with Gasteiger partial charge in [0.25, 0.3) is 0 Å². The summed E-state index contributed by atoms with van der Waals surface area (Å²) in [5, 5.41) is 20.8. The van der Waals surface area contributed by atoms with Gasteiger partial charge in [-0.3, -0.25) is 0 Å². The first-order valence-electron chi connectivity index (χ1n) is 14.9. The van der Waals surface area contributed by atoms with E-state index in [2.05, 4.69) is 35.5 Å². The summed E-state index contributed by atoms with van der Waals surface area (Å²) in [5.74, 6) is 20.3. The topological polar surface area (TPSA) is 111 Å². The number of aromatic hydroxyl groups is 2. The van der Waals surface area contributed by atoms with E-state index in [0.717, 1.165) is 16.7 Å². The highest BCUT2D eigenvalue weighted by atomic mass is 16.5. The van der Waals surface area contributed by atoms with Crippen molar-refractivity contribution < 1.29 is 19.7 Å². The van der Waals surface area contributed by atoms with Crippen LogP contribution in [0.15, 0.2) is 133 Å². The first-order chi connectivity index (χ1) is 23.4. The molecule has 6 N–H and O–H groups in total. The van der Waals surface area contributed by atoms with Crippen LogP contribution in [0.3, 0.4) is 0 Å². The molecular weight excluding hydrogens is 596 g/mol. The highest BCUT2D eigenvalue weighted by Gasteiger charge is 2.21. The fraction of sp³-hybridized carbons (Fsp3) is 0. The largest absolute Gasteiger partial charge is 0.506 e. The van der Waals surface area contributed by atoms with E-state index in [9.17, 15) is 10.2 Å². The summed E-state index contributed by atoms with van der Waals surface area (Å²) in [6.45, 7) is 0. The average Bonchev–Trinajstić information content (AvgIpc) is 3.11. The number of phenolic OH excluding ortho intramolecular Hbond substituents is 2. The van der Waals surface area contributed by atoms with E-state index in [1.807, 2.05) is 91.0 Å². The van der Waals surface area contributed by atoms with Gasteiger partial charge in [-0.2, -0.15) is 0 Å². The van der Waals surface area contributed by atoms with Gasteiger partial charge in [-0.25, -0.2) is 0 Å². The number of hydrogen-bond acceptors (Lipinski definition) is 6. The van der Waals surface area contributed by atoms with Crippen molar-refractivity contribution in [3.8, 4) is 70.0 Å². The van der Waals surface area contributed by atoms with Gasteiger partial charge in [0.2, 0.25) is 0 Å². The number of ether oxygens (including phenoxy) is 2. The maximum absolute atomic E-state index is 10.4. The molecule has 6 heteroatoms. The molecule has 0 saturated carbocycles. The van der Waals surface area contributed by atoms with Crippen molar-refractivity contribution in [3.05, 3.63) is 167 Å². The van der Waals surface area contributed by atoms with Crippen LogP contribution >= 0.6 is 0 Å². The molecule has 0 bridgehead atoms. The molecule has 0 unspecified atom stereocenters. The van der Waals surface area contributed by atoms with Gasteiger partial charge in [-0.1, -0.05) is 90.1 Å². The molecule has 0 fully saturated rings. The van der Waals surface area contributed by atoms with Crippen molar-refractivity contribution in [3.63, 3.8) is 0 Å². The van der Waals surface area contributed by atoms with Crippen LogP contribution in [0, 0.1) is 35.5 Å². The van der Waals surface area contributed by atoms with Crippen molar-refractivity contribution in [1.29, 1.82) is 0 Å². The Bertz CT molecular complexity index is 2290. The van der Waals surface area contributed by atoms with Crippen molar-refractivity contribution in [2.75, 3.05) is 11.5 Å². The molecule has 0 amide bonds. The van der Waals surface area contributed by atoms with E-state index >= 15 is 0 Å². The quantitative estimate of drug-likeness (QED) is 0.0898. The molecule has 6 aromatic carbocycles. The van der Waals surface area contributed by atoms with Gasteiger partial charge in [-0.15, -0.1) is 0 Å². The minimum Gasteiger partial charge on any atom is -0.506 e. The van der Waals surface area contributed by atoms with Crippen molar-refractivity contribution in [2.45, 2.75) is 0 Å². The van der Waals surface area contributed by atoms with E-state index in [4.69, 9.17) is 20.9 Å². The molecule has 0 atom stereocenters. The molecule has 0 saturated heterocycles. The summed E-state index contributed by atoms with van der Waals surface area (Å²) in [6.07, 6.45) is 0. The highest BCUT2D eigenvalue weighted by molar-refractivity contribution is 5.72. The van der Waals surface area contributed by atoms with Gasteiger partial charge < -0.3 is 31.2 Å². The predicted molar refractivity (Wildman–Crippen MR) is 189 cm³/mol. The lowest BCUT2D eigenvalue weighted by molar-refractivity contribution is 0.410. The standard InChI is InChI=1S/C42H28N2O4/c43-37-24-20-33(27-39(37)45)47-41-26-32(19-16-29-10-4-1-5-11-29)35(22-17-30-12-6-2-7-13-30)36(23-18-31-14-8-3-9-15-31)42(41)48-34-21-25-38(44)40(46)28-34/h1-15,20-21,24-28,45-46H,43-44H2. The van der Waals surface area contributed by atoms with E-state index in [1.165, 1.54) is 24.3 Å². The normalized spacial score (nSPS) is 9.92. The second-order valence-corrected chi connectivity index (χ2v) is 10.5. The zero-order valence-electron chi connectivity index (χ0n) is 25.6. The molecule has 230 valence electrons. The summed E-state index contributed by atoms with van der Waals surface area (Å²) in [7, 11) is 0. The number of phenols is 2. The number of anilines is 2. The zero-order chi connectivity index (χ0) is 33.3. The molecule has 0 aliphatic carbocycles. The second-order valence-electron chi connectivity index (χ2n) is 10.5. The SMILES string of the molecule is Nc1ccc(Oc2cc(C#Cc3ccccc3)c(C#Cc3ccccc3)c(C#Cc3ccccc3)c2Oc2ccc(N)c(O)c2)cc1O. The van der Waals surface area contributed by atoms with Gasteiger partial charge >= 0.3 is 0 Å². The summed E-state index contributed by atoms with van der Waals surface area (Å²) < 4.78 is 12.8. The van der Waals surface area contributed by atoms with Crippen LogP contribution in [0.25, 0.3) is 0 Å². The van der Waals surface area contributed by atoms with Gasteiger partial charge in [-0.05, 0) is 60.7 Å². The molecular formula is C42H28N2O4. The smallest absolute Gasteiger partial charge is 0.186 e. The molecule has 6 rings (SSSR count). The molecule has 6 nitrogen and oxygen atoms in total. The van der Waals surface area contributed by atoms with E-state index < -0.39 is 0 Å². The van der Waals surface area contributed by atoms with Crippen LogP contribution < -0.4 is 20.9 Å². The van der Waals surface area contributed by atoms with E-state index in [0.29, 0.717) is 22.4 Å². The highest BCUT2D eigenvalue weighted by Crippen LogP contribution is 2.42. The third-order valence-corrected chi connectivity index (χ3v) is 7.02. The van der Waals surface area contributed by atoms with Crippen LogP contribution in [0.5, 0.6) is 34.5 Å². The third kappa shape index (κ3) is 7.53. The lowest BCUT2D eigenvalue weighted by Gasteiger charge is -2.17. The molecule has 0 heterocycles. The van der Waals surface area contributed by atoms with Crippen LogP contribution in [0.1, 0.15) is 33.4 Å². The molecule has 0 spiro atoms. The Kier molecular flexibility index (Phi) is 9.16. The number of hydrogen-bond donors (Lipinski definition) is 4. The fourth-order valence-electron chi connectivity index (χ4n) is 4.56. The van der Waals surface area contributed by atoms with Gasteiger partial charge in [0.1, 0.15) is 23.0 Å². The number of benzene rings is 6. The maximum Gasteiger partial charge on any atom is 0.186 e. The first kappa shape index (κ1) is 30.8. The summed E-state index contributed by atoms with van der Waals surface area (Å²) in [4.78, 5) is 0. The molecule has 6 aromatic rings. The molecule has 0 aliphatic heterocycles. The van der Waals surface area contributed by atoms with Crippen molar-refractivity contribution in [2.24, 2.45) is 0 Å². The second kappa shape index (κ2) is 14.3. The van der Waals surface area contributed by atoms with E-state index in [1.54, 1.807) is 18.2 Å². The Morgan fingerprint density at radius 3 is 1.35 bits per heavy atom. The first-order valence-corrected chi connectivity index (χ1v) is 14.9. The number of nitrogen functional groups attached to an aromatic ring is 2. The molecule has 48 heavy (non-hydrogen) atoms. The zero-order valence-corrected chi connectivity index (χ0v) is 25.6. The number of rotatable bonds is 4. The van der Waals surface area contributed by atoms with Crippen molar-refractivity contribution in [1.82, 2.24) is 0 Å². The van der Waals surface area contributed by atoms with E-state index in [-0.39, 0.29) is 40.1 Å². The van der Waals surface area contributed by atoms with Crippen LogP contribution in [0.4, 0.5) is 11.4 Å². The van der Waals surface area contributed by atoms with Gasteiger partial charge in [0.05, 0.1) is 22.5 Å². The lowest BCUT2D eigenvalue weighted by Crippen LogP contribution is -2.00. The van der Waals surface area contributed by atoms with Crippen molar-refractivity contribution >= 4 is 11.4 Å². The lowest BCUT2D eigenvalue weighted by atomic mass is 9.98. The Hall–Kier alpha value is -7.20. The summed E-state index contributed by atoms with van der Waals surface area (Å²) in [5.41, 5.74) is 15.9. The van der Waals surface area contributed by atoms with Crippen LogP contribution in [-0.2, 0) is 0 Å². The minimum absolute atomic E-state index is 0.142. The summed E-state index contributed by atoms with van der Waals surface area (Å²) >= 11 is 0. The molecule has 0 aliphatic rings. The average molecular weight is 625 g/mol. The van der Waals surface area contributed by atoms with Gasteiger partial charge in [0.15, 0.2) is 11.5 Å². The minimum atomic E-state index is -0.148. The Morgan fingerprint density at radius 2 is 0.875 bits per heavy atom. The monoisotopic (exact) mass is 624 g/mol. The fourth-order valence-corrected chi connectivity index (χ4v) is 4.56. The van der Waals surface area contributed by atoms with Gasteiger partial charge in [0, 0.05) is 40.5 Å². The summed E-state index contributed by atoms with van der Waals surface area (Å²) in [6, 6.07) is 39.5. The molecule has 0 radical (unpaired) electrons. The van der Waals surface area contributed by atoms with Crippen LogP contribution in [-0.4, -0.2) is 10.2 Å². The third-order valence-electron chi connectivity index (χ3n) is 7.02. The molecule has 0 aromatic heterocycles. The Morgan fingerprint density at radius 1 is 0.438 bits per heavy atom. The Labute approximate surface area is 278 Å². The van der Waals surface area contributed by atoms with Crippen LogP contribution in [0.2, 0.25) is 0 Å². The Balaban J connectivity index is 1.65.